The molecule has 0 radical (unpaired) electrons. The first kappa shape index (κ1) is 13.5. The van der Waals surface area contributed by atoms with Gasteiger partial charge in [0.2, 0.25) is 0 Å². The summed E-state index contributed by atoms with van der Waals surface area (Å²) < 4.78 is 44.2. The second-order valence-electron chi connectivity index (χ2n) is 4.06. The normalized spacial score (nSPS) is 13.9. The van der Waals surface area contributed by atoms with Gasteiger partial charge in [-0.05, 0) is 6.07 Å². The number of ether oxygens (including phenoxy) is 1. The molecule has 2 aromatic rings. The number of hydrogen-bond donors (Lipinski definition) is 2. The number of halogens is 3. The molecule has 1 aromatic carbocycles. The second kappa shape index (κ2) is 4.30. The number of rotatable bonds is 2. The van der Waals surface area contributed by atoms with Crippen molar-refractivity contribution in [2.75, 3.05) is 12.8 Å². The minimum absolute atomic E-state index is 0.0334. The summed E-state index contributed by atoms with van der Waals surface area (Å²) in [5, 5.41) is 13.9. The number of phenolic OH excluding ortho intramolecular Hbond substituents is 1. The van der Waals surface area contributed by atoms with E-state index in [2.05, 4.69) is 9.84 Å². The van der Waals surface area contributed by atoms with E-state index in [9.17, 15) is 18.3 Å². The van der Waals surface area contributed by atoms with Gasteiger partial charge in [0, 0.05) is 19.7 Å². The molecule has 0 aliphatic heterocycles. The van der Waals surface area contributed by atoms with Crippen LogP contribution in [0.1, 0.15) is 11.7 Å². The molecule has 1 atom stereocenters. The smallest absolute Gasteiger partial charge is 0.418 e. The van der Waals surface area contributed by atoms with Crippen molar-refractivity contribution >= 4 is 16.7 Å². The number of fused-ring (bicyclic) bond motifs is 1. The molecule has 0 aliphatic carbocycles. The van der Waals surface area contributed by atoms with Crippen molar-refractivity contribution in [2.45, 2.75) is 12.3 Å². The first-order chi connectivity index (χ1) is 8.77. The Bertz CT molecular complexity index is 622. The molecule has 0 bridgehead atoms. The molecular weight excluding hydrogens is 263 g/mol. The number of nitrogens with two attached hydrogens (primary N) is 1. The van der Waals surface area contributed by atoms with E-state index in [0.29, 0.717) is 5.52 Å². The fraction of sp³-hybridized carbons (Fsp3) is 0.364. The molecule has 5 nitrogen and oxygen atoms in total. The van der Waals surface area contributed by atoms with Gasteiger partial charge < -0.3 is 15.6 Å². The van der Waals surface area contributed by atoms with Crippen LogP contribution >= 0.6 is 0 Å². The highest BCUT2D eigenvalue weighted by molar-refractivity contribution is 5.95. The van der Waals surface area contributed by atoms with Crippen LogP contribution in [-0.4, -0.2) is 28.2 Å². The van der Waals surface area contributed by atoms with E-state index in [1.807, 2.05) is 0 Å². The monoisotopic (exact) mass is 275 g/mol. The molecule has 0 aliphatic rings. The van der Waals surface area contributed by atoms with Crippen molar-refractivity contribution in [2.24, 2.45) is 7.05 Å². The van der Waals surface area contributed by atoms with Gasteiger partial charge in [-0.1, -0.05) is 6.07 Å². The fourth-order valence-corrected chi connectivity index (χ4v) is 2.03. The predicted molar refractivity (Wildman–Crippen MR) is 62.6 cm³/mol. The SMILES string of the molecule is COC(c1ccc2c(c(N)nn2C)c1O)C(F)(F)F. The van der Waals surface area contributed by atoms with Gasteiger partial charge in [-0.3, -0.25) is 4.68 Å². The minimum Gasteiger partial charge on any atom is -0.507 e. The van der Waals surface area contributed by atoms with Crippen LogP contribution in [0.15, 0.2) is 12.1 Å². The molecule has 104 valence electrons. The average molecular weight is 275 g/mol. The Morgan fingerprint density at radius 2 is 2.05 bits per heavy atom. The van der Waals surface area contributed by atoms with Crippen LogP contribution in [0.4, 0.5) is 19.0 Å². The maximum atomic E-state index is 12.8. The summed E-state index contributed by atoms with van der Waals surface area (Å²) in [6, 6.07) is 2.56. The van der Waals surface area contributed by atoms with Crippen LogP contribution in [0.2, 0.25) is 0 Å². The van der Waals surface area contributed by atoms with Crippen molar-refractivity contribution in [1.29, 1.82) is 0 Å². The lowest BCUT2D eigenvalue weighted by Crippen LogP contribution is -2.22. The van der Waals surface area contributed by atoms with Gasteiger partial charge in [0.15, 0.2) is 11.9 Å². The molecule has 19 heavy (non-hydrogen) atoms. The standard InChI is InChI=1S/C11H12F3N3O2/c1-17-6-4-3-5(9(19-2)11(12,13)14)8(18)7(6)10(15)16-17/h3-4,9,18H,1-2H3,(H2,15,16). The van der Waals surface area contributed by atoms with E-state index in [4.69, 9.17) is 5.73 Å². The van der Waals surface area contributed by atoms with Gasteiger partial charge in [0.05, 0.1) is 10.9 Å². The molecule has 1 unspecified atom stereocenters. The highest BCUT2D eigenvalue weighted by Gasteiger charge is 2.43. The summed E-state index contributed by atoms with van der Waals surface area (Å²) in [6.07, 6.45) is -6.84. The minimum atomic E-state index is -4.63. The number of alkyl halides is 3. The van der Waals surface area contributed by atoms with Crippen LogP contribution in [0, 0.1) is 0 Å². The van der Waals surface area contributed by atoms with E-state index >= 15 is 0 Å². The Kier molecular flexibility index (Phi) is 3.05. The van der Waals surface area contributed by atoms with E-state index in [0.717, 1.165) is 13.2 Å². The Hall–Kier alpha value is -1.96. The van der Waals surface area contributed by atoms with Crippen molar-refractivity contribution in [3.63, 3.8) is 0 Å². The second-order valence-corrected chi connectivity index (χ2v) is 4.06. The maximum Gasteiger partial charge on any atom is 0.418 e. The topological polar surface area (TPSA) is 73.3 Å². The third kappa shape index (κ3) is 2.07. The Balaban J connectivity index is 2.69. The van der Waals surface area contributed by atoms with Crippen LogP contribution in [-0.2, 0) is 11.8 Å². The number of nitrogen functional groups attached to an aromatic ring is 1. The van der Waals surface area contributed by atoms with E-state index in [1.165, 1.54) is 10.7 Å². The third-order valence-corrected chi connectivity index (χ3v) is 2.87. The first-order valence-electron chi connectivity index (χ1n) is 5.31. The zero-order chi connectivity index (χ0) is 14.4. The number of methoxy groups -OCH3 is 1. The van der Waals surface area contributed by atoms with Crippen LogP contribution in [0.25, 0.3) is 10.9 Å². The third-order valence-electron chi connectivity index (χ3n) is 2.87. The van der Waals surface area contributed by atoms with Gasteiger partial charge in [-0.25, -0.2) is 0 Å². The largest absolute Gasteiger partial charge is 0.507 e. The summed E-state index contributed by atoms with van der Waals surface area (Å²) >= 11 is 0. The highest BCUT2D eigenvalue weighted by atomic mass is 19.4. The number of phenols is 1. The van der Waals surface area contributed by atoms with Crippen molar-refractivity contribution < 1.29 is 23.0 Å². The van der Waals surface area contributed by atoms with Gasteiger partial charge in [0.1, 0.15) is 5.75 Å². The molecule has 1 heterocycles. The molecule has 0 fully saturated rings. The van der Waals surface area contributed by atoms with Crippen LogP contribution in [0.5, 0.6) is 5.75 Å². The van der Waals surface area contributed by atoms with Gasteiger partial charge in [-0.15, -0.1) is 0 Å². The number of aryl methyl sites for hydroxylation is 1. The molecule has 1 aromatic heterocycles. The maximum absolute atomic E-state index is 12.8. The predicted octanol–water partition coefficient (Wildman–Crippen LogP) is 2.11. The van der Waals surface area contributed by atoms with Crippen LogP contribution in [0.3, 0.4) is 0 Å². The Labute approximate surface area is 106 Å². The number of aromatic hydroxyl groups is 1. The van der Waals surface area contributed by atoms with Gasteiger partial charge in [-0.2, -0.15) is 18.3 Å². The summed E-state index contributed by atoms with van der Waals surface area (Å²) in [5.74, 6) is -0.596. The van der Waals surface area contributed by atoms with Crippen molar-refractivity contribution in [3.8, 4) is 5.75 Å². The molecule has 0 amide bonds. The number of benzene rings is 1. The number of anilines is 1. The quantitative estimate of drug-likeness (QED) is 0.880. The lowest BCUT2D eigenvalue weighted by atomic mass is 10.0. The van der Waals surface area contributed by atoms with E-state index in [1.54, 1.807) is 7.05 Å². The zero-order valence-electron chi connectivity index (χ0n) is 10.2. The fourth-order valence-electron chi connectivity index (χ4n) is 2.03. The van der Waals surface area contributed by atoms with E-state index < -0.39 is 18.0 Å². The number of hydrogen-bond acceptors (Lipinski definition) is 4. The molecule has 3 N–H and O–H groups in total. The van der Waals surface area contributed by atoms with E-state index in [-0.39, 0.29) is 16.8 Å². The van der Waals surface area contributed by atoms with Crippen molar-refractivity contribution in [3.05, 3.63) is 17.7 Å². The van der Waals surface area contributed by atoms with Gasteiger partial charge >= 0.3 is 6.18 Å². The summed E-state index contributed by atoms with van der Waals surface area (Å²) in [4.78, 5) is 0. The number of aromatic nitrogens is 2. The van der Waals surface area contributed by atoms with Gasteiger partial charge in [0.25, 0.3) is 0 Å². The lowest BCUT2D eigenvalue weighted by Gasteiger charge is -2.20. The molecule has 0 saturated heterocycles. The molecule has 2 rings (SSSR count). The van der Waals surface area contributed by atoms with Crippen LogP contribution < -0.4 is 5.73 Å². The lowest BCUT2D eigenvalue weighted by molar-refractivity contribution is -0.216. The van der Waals surface area contributed by atoms with Crippen molar-refractivity contribution in [1.82, 2.24) is 9.78 Å². The zero-order valence-corrected chi connectivity index (χ0v) is 10.2. The Morgan fingerprint density at radius 1 is 1.42 bits per heavy atom. The summed E-state index contributed by atoms with van der Waals surface area (Å²) in [7, 11) is 2.50. The molecular formula is C11H12F3N3O2. The highest BCUT2D eigenvalue weighted by Crippen LogP contribution is 2.43. The number of nitrogens with zero attached hydrogens (tertiary/aromatic N) is 2. The summed E-state index contributed by atoms with van der Waals surface area (Å²) in [6.45, 7) is 0. The molecule has 8 heteroatoms. The average Bonchev–Trinajstić information content (AvgIpc) is 2.57. The first-order valence-corrected chi connectivity index (χ1v) is 5.31. The molecule has 0 spiro atoms. The summed E-state index contributed by atoms with van der Waals surface area (Å²) in [5.41, 5.74) is 5.64. The Morgan fingerprint density at radius 3 is 2.58 bits per heavy atom. The molecule has 0 saturated carbocycles.